The molecule has 2 heterocycles. The van der Waals surface area contributed by atoms with Gasteiger partial charge in [-0.15, -0.1) is 10.2 Å². The predicted molar refractivity (Wildman–Crippen MR) is 78.0 cm³/mol. The van der Waals surface area contributed by atoms with Gasteiger partial charge < -0.3 is 15.2 Å². The molecular weight excluding hydrogens is 266 g/mol. The fourth-order valence-corrected chi connectivity index (χ4v) is 2.66. The highest BCUT2D eigenvalue weighted by Crippen LogP contribution is 2.22. The van der Waals surface area contributed by atoms with E-state index in [9.17, 15) is 4.79 Å². The average Bonchev–Trinajstić information content (AvgIpc) is 3.01. The van der Waals surface area contributed by atoms with Crippen molar-refractivity contribution in [1.82, 2.24) is 19.7 Å². The van der Waals surface area contributed by atoms with Crippen LogP contribution in [0.2, 0.25) is 0 Å². The second kappa shape index (κ2) is 5.65. The molecule has 0 radical (unpaired) electrons. The van der Waals surface area contributed by atoms with Crippen molar-refractivity contribution in [3.8, 4) is 0 Å². The van der Waals surface area contributed by atoms with Crippen LogP contribution in [-0.4, -0.2) is 32.1 Å². The van der Waals surface area contributed by atoms with E-state index in [0.29, 0.717) is 13.1 Å². The average molecular weight is 285 g/mol. The van der Waals surface area contributed by atoms with E-state index < -0.39 is 0 Å². The van der Waals surface area contributed by atoms with Crippen LogP contribution in [-0.2, 0) is 17.9 Å². The molecule has 1 aliphatic heterocycles. The molecule has 2 unspecified atom stereocenters. The van der Waals surface area contributed by atoms with E-state index in [0.717, 1.165) is 17.9 Å². The minimum atomic E-state index is -0.293. The maximum Gasteiger partial charge on any atom is 0.227 e. The highest BCUT2D eigenvalue weighted by atomic mass is 16.2. The van der Waals surface area contributed by atoms with Gasteiger partial charge in [0.05, 0.1) is 12.5 Å². The molecule has 2 N–H and O–H groups in total. The first-order valence-electron chi connectivity index (χ1n) is 7.13. The zero-order chi connectivity index (χ0) is 14.8. The van der Waals surface area contributed by atoms with Gasteiger partial charge >= 0.3 is 0 Å². The second-order valence-electron chi connectivity index (χ2n) is 5.43. The SMILES string of the molecule is CC(C(=O)N1CCn2cnnc2C1)C(N)c1ccccc1. The maximum absolute atomic E-state index is 12.6. The molecular formula is C15H19N5O. The van der Waals surface area contributed by atoms with Crippen LogP contribution in [0.5, 0.6) is 0 Å². The van der Waals surface area contributed by atoms with E-state index in [-0.39, 0.29) is 17.9 Å². The van der Waals surface area contributed by atoms with Crippen molar-refractivity contribution in [2.24, 2.45) is 11.7 Å². The number of nitrogens with zero attached hydrogens (tertiary/aromatic N) is 4. The summed E-state index contributed by atoms with van der Waals surface area (Å²) in [7, 11) is 0. The first-order chi connectivity index (χ1) is 10.2. The Kier molecular flexibility index (Phi) is 3.70. The molecule has 0 aliphatic carbocycles. The number of nitrogens with two attached hydrogens (primary N) is 1. The van der Waals surface area contributed by atoms with Crippen molar-refractivity contribution in [3.63, 3.8) is 0 Å². The molecule has 0 spiro atoms. The summed E-state index contributed by atoms with van der Waals surface area (Å²) in [5.74, 6) is 0.637. The monoisotopic (exact) mass is 285 g/mol. The lowest BCUT2D eigenvalue weighted by Gasteiger charge is -2.31. The smallest absolute Gasteiger partial charge is 0.227 e. The molecule has 0 bridgehead atoms. The molecule has 1 aromatic heterocycles. The highest BCUT2D eigenvalue weighted by Gasteiger charge is 2.29. The third kappa shape index (κ3) is 2.67. The minimum Gasteiger partial charge on any atom is -0.333 e. The summed E-state index contributed by atoms with van der Waals surface area (Å²) < 4.78 is 1.98. The lowest BCUT2D eigenvalue weighted by molar-refractivity contribution is -0.137. The molecule has 1 aliphatic rings. The molecule has 21 heavy (non-hydrogen) atoms. The van der Waals surface area contributed by atoms with Crippen molar-refractivity contribution < 1.29 is 4.79 Å². The summed E-state index contributed by atoms with van der Waals surface area (Å²) in [4.78, 5) is 14.4. The van der Waals surface area contributed by atoms with Crippen LogP contribution in [0.1, 0.15) is 24.4 Å². The number of rotatable bonds is 3. The summed E-state index contributed by atoms with van der Waals surface area (Å²) in [5, 5.41) is 7.92. The molecule has 2 aromatic rings. The molecule has 1 amide bonds. The Morgan fingerprint density at radius 3 is 2.81 bits per heavy atom. The predicted octanol–water partition coefficient (Wildman–Crippen LogP) is 0.956. The van der Waals surface area contributed by atoms with Gasteiger partial charge in [0.2, 0.25) is 5.91 Å². The number of carbonyl (C=O) groups excluding carboxylic acids is 1. The molecule has 0 saturated heterocycles. The molecule has 0 saturated carbocycles. The van der Waals surface area contributed by atoms with Crippen LogP contribution in [0.15, 0.2) is 36.7 Å². The van der Waals surface area contributed by atoms with E-state index in [2.05, 4.69) is 10.2 Å². The molecule has 6 nitrogen and oxygen atoms in total. The van der Waals surface area contributed by atoms with Gasteiger partial charge in [-0.05, 0) is 5.56 Å². The normalized spacial score (nSPS) is 17.1. The van der Waals surface area contributed by atoms with E-state index >= 15 is 0 Å². The van der Waals surface area contributed by atoms with Crippen LogP contribution in [0.3, 0.4) is 0 Å². The number of aromatic nitrogens is 3. The third-order valence-electron chi connectivity index (χ3n) is 4.06. The topological polar surface area (TPSA) is 77.0 Å². The third-order valence-corrected chi connectivity index (χ3v) is 4.06. The Bertz CT molecular complexity index is 624. The highest BCUT2D eigenvalue weighted by molar-refractivity contribution is 5.79. The van der Waals surface area contributed by atoms with Gasteiger partial charge in [-0.2, -0.15) is 0 Å². The minimum absolute atomic E-state index is 0.0700. The summed E-state index contributed by atoms with van der Waals surface area (Å²) >= 11 is 0. The standard InChI is InChI=1S/C15H19N5O/c1-11(14(16)12-5-3-2-4-6-12)15(21)19-7-8-20-10-17-18-13(20)9-19/h2-6,10-11,14H,7-9,16H2,1H3. The lowest BCUT2D eigenvalue weighted by Crippen LogP contribution is -2.43. The van der Waals surface area contributed by atoms with Crippen molar-refractivity contribution in [2.45, 2.75) is 26.1 Å². The van der Waals surface area contributed by atoms with Crippen LogP contribution in [0, 0.1) is 5.92 Å². The van der Waals surface area contributed by atoms with Gasteiger partial charge in [-0.1, -0.05) is 37.3 Å². The summed E-state index contributed by atoms with van der Waals surface area (Å²) in [6.45, 7) is 3.81. The van der Waals surface area contributed by atoms with Crippen LogP contribution in [0.4, 0.5) is 0 Å². The Morgan fingerprint density at radius 2 is 2.05 bits per heavy atom. The Morgan fingerprint density at radius 1 is 1.29 bits per heavy atom. The van der Waals surface area contributed by atoms with Gasteiger partial charge in [-0.3, -0.25) is 4.79 Å². The summed E-state index contributed by atoms with van der Waals surface area (Å²) in [6, 6.07) is 9.45. The first kappa shape index (κ1) is 13.8. The Hall–Kier alpha value is -2.21. The van der Waals surface area contributed by atoms with Gasteiger partial charge in [0.1, 0.15) is 6.33 Å². The van der Waals surface area contributed by atoms with E-state index in [1.807, 2.05) is 46.7 Å². The van der Waals surface area contributed by atoms with Gasteiger partial charge in [0, 0.05) is 19.1 Å². The number of benzene rings is 1. The molecule has 3 rings (SSSR count). The zero-order valence-electron chi connectivity index (χ0n) is 12.0. The number of hydrogen-bond donors (Lipinski definition) is 1. The first-order valence-corrected chi connectivity index (χ1v) is 7.13. The summed E-state index contributed by atoms with van der Waals surface area (Å²) in [6.07, 6.45) is 1.70. The zero-order valence-corrected chi connectivity index (χ0v) is 12.0. The van der Waals surface area contributed by atoms with Crippen molar-refractivity contribution in [3.05, 3.63) is 48.0 Å². The Labute approximate surface area is 123 Å². The molecule has 0 fully saturated rings. The number of amides is 1. The van der Waals surface area contributed by atoms with Crippen LogP contribution < -0.4 is 5.73 Å². The Balaban J connectivity index is 1.71. The fourth-order valence-electron chi connectivity index (χ4n) is 2.66. The fraction of sp³-hybridized carbons (Fsp3) is 0.400. The number of hydrogen-bond acceptors (Lipinski definition) is 4. The van der Waals surface area contributed by atoms with Gasteiger partial charge in [-0.25, -0.2) is 0 Å². The molecule has 6 heteroatoms. The largest absolute Gasteiger partial charge is 0.333 e. The quantitative estimate of drug-likeness (QED) is 0.911. The lowest BCUT2D eigenvalue weighted by atomic mass is 9.94. The van der Waals surface area contributed by atoms with Gasteiger partial charge in [0.25, 0.3) is 0 Å². The van der Waals surface area contributed by atoms with Crippen molar-refractivity contribution in [2.75, 3.05) is 6.54 Å². The summed E-state index contributed by atoms with van der Waals surface area (Å²) in [5.41, 5.74) is 7.22. The molecule has 1 aromatic carbocycles. The van der Waals surface area contributed by atoms with Crippen molar-refractivity contribution >= 4 is 5.91 Å². The molecule has 110 valence electrons. The second-order valence-corrected chi connectivity index (χ2v) is 5.43. The maximum atomic E-state index is 12.6. The van der Waals surface area contributed by atoms with E-state index in [1.54, 1.807) is 6.33 Å². The number of carbonyl (C=O) groups is 1. The van der Waals surface area contributed by atoms with Crippen LogP contribution >= 0.6 is 0 Å². The van der Waals surface area contributed by atoms with Crippen LogP contribution in [0.25, 0.3) is 0 Å². The van der Waals surface area contributed by atoms with Crippen molar-refractivity contribution in [1.29, 1.82) is 0 Å². The van der Waals surface area contributed by atoms with E-state index in [1.165, 1.54) is 0 Å². The number of fused-ring (bicyclic) bond motifs is 1. The van der Waals surface area contributed by atoms with E-state index in [4.69, 9.17) is 5.73 Å². The molecule has 2 atom stereocenters. The van der Waals surface area contributed by atoms with Gasteiger partial charge in [0.15, 0.2) is 5.82 Å².